The lowest BCUT2D eigenvalue weighted by Crippen LogP contribution is -2.39. The lowest BCUT2D eigenvalue weighted by molar-refractivity contribution is -0.122. The minimum absolute atomic E-state index is 0.0784. The number of nitrogens with zero attached hydrogens (tertiary/aromatic N) is 6. The van der Waals surface area contributed by atoms with Gasteiger partial charge in [-0.1, -0.05) is 25.1 Å². The van der Waals surface area contributed by atoms with Crippen LogP contribution in [-0.4, -0.2) is 43.7 Å². The Morgan fingerprint density at radius 3 is 2.62 bits per heavy atom. The van der Waals surface area contributed by atoms with Crippen molar-refractivity contribution in [2.75, 3.05) is 23.3 Å². The molecule has 4 heterocycles. The largest absolute Gasteiger partial charge is 0.369 e. The topological polar surface area (TPSA) is 115 Å². The van der Waals surface area contributed by atoms with Crippen molar-refractivity contribution in [2.24, 2.45) is 17.6 Å². The number of rotatable bonds is 8. The third kappa shape index (κ3) is 4.58. The van der Waals surface area contributed by atoms with Crippen LogP contribution >= 0.6 is 0 Å². The Morgan fingerprint density at radius 1 is 1.11 bits per heavy atom. The first kappa shape index (κ1) is 23.6. The molecule has 6 rings (SSSR count). The molecule has 0 spiro atoms. The molecule has 0 radical (unpaired) electrons. The van der Waals surface area contributed by atoms with Gasteiger partial charge in [0.05, 0.1) is 17.8 Å². The van der Waals surface area contributed by atoms with Gasteiger partial charge in [-0.15, -0.1) is 0 Å². The van der Waals surface area contributed by atoms with Crippen molar-refractivity contribution in [1.29, 1.82) is 0 Å². The highest BCUT2D eigenvalue weighted by atomic mass is 16.1. The highest BCUT2D eigenvalue weighted by molar-refractivity contribution is 5.87. The quantitative estimate of drug-likeness (QED) is 0.364. The van der Waals surface area contributed by atoms with Crippen LogP contribution in [0.5, 0.6) is 0 Å². The molecule has 1 saturated heterocycles. The molecule has 3 N–H and O–H groups in total. The number of pyridine rings is 1. The first-order chi connectivity index (χ1) is 18.0. The van der Waals surface area contributed by atoms with E-state index in [-0.39, 0.29) is 23.9 Å². The fourth-order valence-corrected chi connectivity index (χ4v) is 5.37. The maximum Gasteiger partial charge on any atom is 0.228 e. The molecule has 1 aliphatic carbocycles. The van der Waals surface area contributed by atoms with Gasteiger partial charge in [0, 0.05) is 36.6 Å². The van der Waals surface area contributed by atoms with E-state index in [0.29, 0.717) is 25.0 Å². The van der Waals surface area contributed by atoms with E-state index in [1.807, 2.05) is 29.2 Å². The third-order valence-electron chi connectivity index (χ3n) is 7.98. The predicted molar refractivity (Wildman–Crippen MR) is 145 cm³/mol. The summed E-state index contributed by atoms with van der Waals surface area (Å²) >= 11 is 0. The summed E-state index contributed by atoms with van der Waals surface area (Å²) < 4.78 is 2.05. The van der Waals surface area contributed by atoms with E-state index in [9.17, 15) is 4.79 Å². The van der Waals surface area contributed by atoms with Crippen LogP contribution in [-0.2, 0) is 4.79 Å². The molecule has 2 fully saturated rings. The van der Waals surface area contributed by atoms with E-state index < -0.39 is 0 Å². The van der Waals surface area contributed by atoms with Gasteiger partial charge in [-0.05, 0) is 62.6 Å². The number of anilines is 2. The van der Waals surface area contributed by atoms with Gasteiger partial charge in [0.15, 0.2) is 5.82 Å². The first-order valence-electron chi connectivity index (χ1n) is 13.4. The molecule has 1 amide bonds. The van der Waals surface area contributed by atoms with Crippen molar-refractivity contribution < 1.29 is 4.79 Å². The minimum Gasteiger partial charge on any atom is -0.369 e. The van der Waals surface area contributed by atoms with Gasteiger partial charge < -0.3 is 16.0 Å². The van der Waals surface area contributed by atoms with Gasteiger partial charge >= 0.3 is 0 Å². The smallest absolute Gasteiger partial charge is 0.228 e. The molecule has 1 aromatic carbocycles. The Balaban J connectivity index is 1.40. The number of hydrogen-bond acceptors (Lipinski definition) is 7. The van der Waals surface area contributed by atoms with E-state index >= 15 is 0 Å². The summed E-state index contributed by atoms with van der Waals surface area (Å²) in [4.78, 5) is 28.6. The van der Waals surface area contributed by atoms with Crippen molar-refractivity contribution in [3.8, 4) is 0 Å². The highest BCUT2D eigenvalue weighted by Gasteiger charge is 2.34. The fraction of sp³-hybridized carbons (Fsp3) is 0.464. The zero-order valence-electron chi connectivity index (χ0n) is 21.5. The van der Waals surface area contributed by atoms with E-state index in [2.05, 4.69) is 42.3 Å². The molecule has 1 saturated carbocycles. The number of para-hydroxylation sites is 1. The second-order valence-electron chi connectivity index (χ2n) is 10.5. The minimum atomic E-state index is -0.218. The van der Waals surface area contributed by atoms with Crippen LogP contribution in [0.4, 0.5) is 11.8 Å². The monoisotopic (exact) mass is 498 g/mol. The summed E-state index contributed by atoms with van der Waals surface area (Å²) in [6.07, 6.45) is 8.60. The number of hydrogen-bond donors (Lipinski definition) is 2. The predicted octanol–water partition coefficient (Wildman–Crippen LogP) is 4.61. The number of nitrogens with one attached hydrogen (secondary N) is 1. The molecule has 2 atom stereocenters. The van der Waals surface area contributed by atoms with Gasteiger partial charge in [-0.25, -0.2) is 4.98 Å². The Kier molecular flexibility index (Phi) is 6.14. The second kappa shape index (κ2) is 9.61. The van der Waals surface area contributed by atoms with Crippen molar-refractivity contribution in [1.82, 2.24) is 24.7 Å². The Morgan fingerprint density at radius 2 is 1.89 bits per heavy atom. The number of nitrogens with two attached hydrogens (primary N) is 1. The van der Waals surface area contributed by atoms with E-state index in [1.165, 1.54) is 18.4 Å². The van der Waals surface area contributed by atoms with Crippen molar-refractivity contribution in [3.05, 3.63) is 48.3 Å². The number of amides is 1. The van der Waals surface area contributed by atoms with Gasteiger partial charge in [0.2, 0.25) is 11.9 Å². The summed E-state index contributed by atoms with van der Waals surface area (Å²) in [6.45, 7) is 5.75. The molecule has 37 heavy (non-hydrogen) atoms. The molecule has 9 nitrogen and oxygen atoms in total. The van der Waals surface area contributed by atoms with Crippen LogP contribution in [0.25, 0.3) is 21.9 Å². The van der Waals surface area contributed by atoms with Crippen LogP contribution in [0.3, 0.4) is 0 Å². The van der Waals surface area contributed by atoms with E-state index in [0.717, 1.165) is 47.0 Å². The summed E-state index contributed by atoms with van der Waals surface area (Å²) in [5, 5.41) is 9.68. The van der Waals surface area contributed by atoms with E-state index in [4.69, 9.17) is 25.8 Å². The zero-order valence-corrected chi connectivity index (χ0v) is 21.5. The summed E-state index contributed by atoms with van der Waals surface area (Å²) in [5.74, 6) is 1.71. The molecular weight excluding hydrogens is 464 g/mol. The maximum atomic E-state index is 11.7. The van der Waals surface area contributed by atoms with E-state index in [1.54, 1.807) is 0 Å². The molecule has 3 aromatic heterocycles. The molecule has 192 valence electrons. The van der Waals surface area contributed by atoms with Crippen molar-refractivity contribution in [3.63, 3.8) is 0 Å². The second-order valence-corrected chi connectivity index (χ2v) is 10.5. The molecule has 4 aromatic rings. The number of aromatic nitrogens is 5. The number of fused-ring (bicyclic) bond motifs is 2. The summed E-state index contributed by atoms with van der Waals surface area (Å²) in [6, 6.07) is 10.8. The van der Waals surface area contributed by atoms with Crippen LogP contribution in [0.15, 0.2) is 42.7 Å². The molecule has 9 heteroatoms. The normalized spacial score (nSPS) is 18.3. The Hall–Kier alpha value is -3.75. The maximum absolute atomic E-state index is 11.7. The molecule has 1 unspecified atom stereocenters. The van der Waals surface area contributed by atoms with Crippen molar-refractivity contribution in [2.45, 2.75) is 58.0 Å². The SMILES string of the molecule is CCC(C)n1ncc2nc(N3CCC(C(N)=O)CC3)nc(N[C@@H](c3cnc4ccccc4c3)C3CC3)c21. The van der Waals surface area contributed by atoms with Crippen LogP contribution in [0.2, 0.25) is 0 Å². The highest BCUT2D eigenvalue weighted by Crippen LogP contribution is 2.44. The van der Waals surface area contributed by atoms with Gasteiger partial charge in [-0.2, -0.15) is 10.1 Å². The zero-order chi connectivity index (χ0) is 25.5. The van der Waals surface area contributed by atoms with Crippen LogP contribution < -0.4 is 16.0 Å². The third-order valence-corrected chi connectivity index (χ3v) is 7.98. The van der Waals surface area contributed by atoms with Gasteiger partial charge in [0.1, 0.15) is 11.0 Å². The van der Waals surface area contributed by atoms with Gasteiger partial charge in [-0.3, -0.25) is 14.5 Å². The van der Waals surface area contributed by atoms with Crippen LogP contribution in [0, 0.1) is 11.8 Å². The number of carbonyl (C=O) groups is 1. The number of carbonyl (C=O) groups excluding carboxylic acids is 1. The van der Waals surface area contributed by atoms with Gasteiger partial charge in [0.25, 0.3) is 0 Å². The number of primary amides is 1. The molecular formula is C28H34N8O. The Bertz CT molecular complexity index is 1440. The first-order valence-corrected chi connectivity index (χ1v) is 13.4. The lowest BCUT2D eigenvalue weighted by Gasteiger charge is -2.31. The standard InChI is InChI=1S/C28H34N8O/c1-3-17(2)36-25-23(16-31-36)32-28(35-12-10-19(11-13-35)26(29)37)34-27(25)33-24(18-8-9-18)21-14-20-6-4-5-7-22(20)30-15-21/h4-7,14-19,24H,3,8-13H2,1-2H3,(H2,29,37)(H,32,33,34)/t17?,24-/m1/s1. The Labute approximate surface area is 216 Å². The lowest BCUT2D eigenvalue weighted by atomic mass is 9.96. The fourth-order valence-electron chi connectivity index (χ4n) is 5.37. The van der Waals surface area contributed by atoms with Crippen LogP contribution in [0.1, 0.15) is 63.6 Å². The molecule has 0 bridgehead atoms. The molecule has 1 aliphatic heterocycles. The number of benzene rings is 1. The summed E-state index contributed by atoms with van der Waals surface area (Å²) in [7, 11) is 0. The average Bonchev–Trinajstić information content (AvgIpc) is 3.68. The molecule has 2 aliphatic rings. The average molecular weight is 499 g/mol. The van der Waals surface area contributed by atoms with Crippen molar-refractivity contribution >= 4 is 39.6 Å². The number of piperidine rings is 1. The summed E-state index contributed by atoms with van der Waals surface area (Å²) in [5.41, 5.74) is 9.50.